The van der Waals surface area contributed by atoms with E-state index in [0.717, 1.165) is 0 Å². The standard InChI is InChI=1S/C7H4F4N2O4/c8-3-1-5(13(15)16)4(2-14)12-6(3)17-7(9,10)11/h1,14H,2H2. The predicted octanol–water partition coefficient (Wildman–Crippen LogP) is 1.52. The Morgan fingerprint density at radius 3 is 2.53 bits per heavy atom. The summed E-state index contributed by atoms with van der Waals surface area (Å²) in [4.78, 5) is 12.2. The maximum Gasteiger partial charge on any atom is 0.574 e. The van der Waals surface area contributed by atoms with Crippen molar-refractivity contribution in [2.75, 3.05) is 0 Å². The Hall–Kier alpha value is -1.97. The highest BCUT2D eigenvalue weighted by Gasteiger charge is 2.34. The number of nitrogens with zero attached hydrogens (tertiary/aromatic N) is 2. The monoisotopic (exact) mass is 256 g/mol. The van der Waals surface area contributed by atoms with Crippen LogP contribution >= 0.6 is 0 Å². The van der Waals surface area contributed by atoms with Gasteiger partial charge in [-0.1, -0.05) is 0 Å². The summed E-state index contributed by atoms with van der Waals surface area (Å²) in [6, 6.07) is 0.194. The van der Waals surface area contributed by atoms with Gasteiger partial charge in [0, 0.05) is 0 Å². The van der Waals surface area contributed by atoms with Crippen molar-refractivity contribution in [3.05, 3.63) is 27.7 Å². The van der Waals surface area contributed by atoms with Crippen molar-refractivity contribution in [3.63, 3.8) is 0 Å². The molecule has 17 heavy (non-hydrogen) atoms. The third-order valence-corrected chi connectivity index (χ3v) is 1.56. The van der Waals surface area contributed by atoms with E-state index in [4.69, 9.17) is 5.11 Å². The fourth-order valence-electron chi connectivity index (χ4n) is 0.954. The first-order valence-corrected chi connectivity index (χ1v) is 3.95. The van der Waals surface area contributed by atoms with Crippen molar-refractivity contribution in [1.82, 2.24) is 4.98 Å². The lowest BCUT2D eigenvalue weighted by molar-refractivity contribution is -0.386. The van der Waals surface area contributed by atoms with Gasteiger partial charge in [-0.3, -0.25) is 10.1 Å². The average Bonchev–Trinajstić information content (AvgIpc) is 2.18. The van der Waals surface area contributed by atoms with Crippen molar-refractivity contribution < 1.29 is 32.3 Å². The van der Waals surface area contributed by atoms with Gasteiger partial charge in [0.15, 0.2) is 5.82 Å². The van der Waals surface area contributed by atoms with E-state index < -0.39 is 41.0 Å². The van der Waals surface area contributed by atoms with Crippen LogP contribution in [0.3, 0.4) is 0 Å². The highest BCUT2D eigenvalue weighted by atomic mass is 19.4. The molecule has 0 aliphatic carbocycles. The van der Waals surface area contributed by atoms with E-state index >= 15 is 0 Å². The largest absolute Gasteiger partial charge is 0.574 e. The number of rotatable bonds is 3. The number of hydrogen-bond donors (Lipinski definition) is 1. The van der Waals surface area contributed by atoms with Gasteiger partial charge in [0.2, 0.25) is 0 Å². The lowest BCUT2D eigenvalue weighted by Crippen LogP contribution is -2.19. The number of hydrogen-bond acceptors (Lipinski definition) is 5. The summed E-state index contributed by atoms with van der Waals surface area (Å²) >= 11 is 0. The summed E-state index contributed by atoms with van der Waals surface area (Å²) < 4.78 is 51.5. The van der Waals surface area contributed by atoms with Crippen LogP contribution in [-0.4, -0.2) is 21.4 Å². The number of alkyl halides is 3. The van der Waals surface area contributed by atoms with Gasteiger partial charge in [-0.25, -0.2) is 9.37 Å². The zero-order chi connectivity index (χ0) is 13.2. The number of pyridine rings is 1. The molecular formula is C7H4F4N2O4. The Balaban J connectivity index is 3.23. The molecule has 1 N–H and O–H groups in total. The number of ether oxygens (including phenoxy) is 1. The van der Waals surface area contributed by atoms with E-state index in [2.05, 4.69) is 9.72 Å². The topological polar surface area (TPSA) is 85.5 Å². The molecule has 6 nitrogen and oxygen atoms in total. The highest BCUT2D eigenvalue weighted by molar-refractivity contribution is 5.38. The first-order chi connectivity index (χ1) is 7.74. The van der Waals surface area contributed by atoms with Gasteiger partial charge >= 0.3 is 6.36 Å². The van der Waals surface area contributed by atoms with Crippen molar-refractivity contribution >= 4 is 5.69 Å². The second-order valence-electron chi connectivity index (χ2n) is 2.70. The predicted molar refractivity (Wildman–Crippen MR) is 43.5 cm³/mol. The summed E-state index contributed by atoms with van der Waals surface area (Å²) in [5.41, 5.74) is -1.66. The second-order valence-corrected chi connectivity index (χ2v) is 2.70. The molecule has 0 aliphatic rings. The van der Waals surface area contributed by atoms with Gasteiger partial charge in [-0.2, -0.15) is 0 Å². The summed E-state index contributed by atoms with van der Waals surface area (Å²) in [7, 11) is 0. The number of aliphatic hydroxyl groups is 1. The van der Waals surface area contributed by atoms with Crippen LogP contribution in [0.5, 0.6) is 5.88 Å². The minimum atomic E-state index is -5.18. The Morgan fingerprint density at radius 2 is 2.12 bits per heavy atom. The SMILES string of the molecule is O=[N+]([O-])c1cc(F)c(OC(F)(F)F)nc1CO. The van der Waals surface area contributed by atoms with Crippen molar-refractivity contribution in [3.8, 4) is 5.88 Å². The first kappa shape index (κ1) is 13.1. The van der Waals surface area contributed by atoms with Gasteiger partial charge in [0.1, 0.15) is 5.69 Å². The Labute approximate surface area is 90.6 Å². The fraction of sp³-hybridized carbons (Fsp3) is 0.286. The molecule has 0 saturated carbocycles. The van der Waals surface area contributed by atoms with Crippen LogP contribution in [0.1, 0.15) is 5.69 Å². The Morgan fingerprint density at radius 1 is 1.53 bits per heavy atom. The van der Waals surface area contributed by atoms with Gasteiger partial charge in [0.05, 0.1) is 17.6 Å². The quantitative estimate of drug-likeness (QED) is 0.503. The molecule has 94 valence electrons. The highest BCUT2D eigenvalue weighted by Crippen LogP contribution is 2.28. The minimum absolute atomic E-state index is 0.194. The molecule has 0 atom stereocenters. The van der Waals surface area contributed by atoms with Crippen LogP contribution < -0.4 is 4.74 Å². The summed E-state index contributed by atoms with van der Waals surface area (Å²) in [6.45, 7) is -1.02. The zero-order valence-electron chi connectivity index (χ0n) is 7.86. The lowest BCUT2D eigenvalue weighted by atomic mass is 10.3. The van der Waals surface area contributed by atoms with Gasteiger partial charge in [0.25, 0.3) is 11.6 Å². The van der Waals surface area contributed by atoms with E-state index in [1.807, 2.05) is 0 Å². The summed E-state index contributed by atoms with van der Waals surface area (Å²) in [5.74, 6) is -3.13. The fourth-order valence-corrected chi connectivity index (χ4v) is 0.954. The molecule has 0 aliphatic heterocycles. The van der Waals surface area contributed by atoms with E-state index in [9.17, 15) is 27.7 Å². The first-order valence-electron chi connectivity index (χ1n) is 3.95. The molecule has 1 heterocycles. The van der Waals surface area contributed by atoms with Crippen LogP contribution in [0.25, 0.3) is 0 Å². The number of aromatic nitrogens is 1. The molecule has 0 fully saturated rings. The maximum absolute atomic E-state index is 13.0. The summed E-state index contributed by atoms with van der Waals surface area (Å²) in [5, 5.41) is 19.0. The molecule has 0 spiro atoms. The third-order valence-electron chi connectivity index (χ3n) is 1.56. The molecular weight excluding hydrogens is 252 g/mol. The number of nitro groups is 1. The molecule has 1 aromatic heterocycles. The van der Waals surface area contributed by atoms with Crippen LogP contribution in [0.2, 0.25) is 0 Å². The smallest absolute Gasteiger partial charge is 0.390 e. The molecule has 0 amide bonds. The van der Waals surface area contributed by atoms with Crippen LogP contribution in [0, 0.1) is 15.9 Å². The van der Waals surface area contributed by atoms with E-state index in [1.165, 1.54) is 0 Å². The normalized spacial score (nSPS) is 11.4. The average molecular weight is 256 g/mol. The zero-order valence-corrected chi connectivity index (χ0v) is 7.86. The molecule has 0 unspecified atom stereocenters. The molecule has 0 saturated heterocycles. The van der Waals surface area contributed by atoms with E-state index in [1.54, 1.807) is 0 Å². The van der Waals surface area contributed by atoms with Crippen LogP contribution in [0.15, 0.2) is 6.07 Å². The number of aliphatic hydroxyl groups excluding tert-OH is 1. The second kappa shape index (κ2) is 4.49. The molecule has 1 rings (SSSR count). The van der Waals surface area contributed by atoms with Gasteiger partial charge in [-0.05, 0) is 0 Å². The Bertz CT molecular complexity index is 448. The minimum Gasteiger partial charge on any atom is -0.390 e. The molecule has 1 aromatic rings. The molecule has 0 aromatic carbocycles. The van der Waals surface area contributed by atoms with Crippen LogP contribution in [0.4, 0.5) is 23.2 Å². The lowest BCUT2D eigenvalue weighted by Gasteiger charge is -2.09. The maximum atomic E-state index is 13.0. The Kier molecular flexibility index (Phi) is 3.46. The third kappa shape index (κ3) is 3.24. The summed E-state index contributed by atoms with van der Waals surface area (Å²) in [6.07, 6.45) is -5.18. The van der Waals surface area contributed by atoms with Gasteiger partial charge in [-0.15, -0.1) is 13.2 Å². The van der Waals surface area contributed by atoms with Crippen molar-refractivity contribution in [2.24, 2.45) is 0 Å². The van der Waals surface area contributed by atoms with E-state index in [0.29, 0.717) is 0 Å². The van der Waals surface area contributed by atoms with Crippen molar-refractivity contribution in [2.45, 2.75) is 13.0 Å². The molecule has 0 radical (unpaired) electrons. The molecule has 0 bridgehead atoms. The van der Waals surface area contributed by atoms with Crippen molar-refractivity contribution in [1.29, 1.82) is 0 Å². The van der Waals surface area contributed by atoms with Crippen LogP contribution in [-0.2, 0) is 6.61 Å². The molecule has 10 heteroatoms. The van der Waals surface area contributed by atoms with E-state index in [-0.39, 0.29) is 6.07 Å². The number of halogens is 4. The van der Waals surface area contributed by atoms with Gasteiger partial charge < -0.3 is 9.84 Å².